The summed E-state index contributed by atoms with van der Waals surface area (Å²) in [4.78, 5) is 17.6. The Bertz CT molecular complexity index is 1220. The topological polar surface area (TPSA) is 79.4 Å². The van der Waals surface area contributed by atoms with Crippen LogP contribution in [-0.2, 0) is 21.2 Å². The molecule has 156 valence electrons. The van der Waals surface area contributed by atoms with Crippen LogP contribution in [0.15, 0.2) is 53.4 Å². The minimum Gasteiger partial charge on any atom is -0.326 e. The van der Waals surface area contributed by atoms with E-state index >= 15 is 0 Å². The summed E-state index contributed by atoms with van der Waals surface area (Å²) in [5.41, 5.74) is 4.15. The number of carbonyl (C=O) groups is 1. The smallest absolute Gasteiger partial charge is 0.243 e. The van der Waals surface area contributed by atoms with E-state index < -0.39 is 10.0 Å². The highest BCUT2D eigenvalue weighted by Crippen LogP contribution is 2.25. The fourth-order valence-electron chi connectivity index (χ4n) is 4.01. The molecular formula is C23H25N3O3S. The van der Waals surface area contributed by atoms with Gasteiger partial charge in [-0.05, 0) is 62.1 Å². The highest BCUT2D eigenvalue weighted by Gasteiger charge is 2.27. The van der Waals surface area contributed by atoms with Gasteiger partial charge in [-0.25, -0.2) is 8.42 Å². The van der Waals surface area contributed by atoms with Gasteiger partial charge in [0.2, 0.25) is 15.9 Å². The molecule has 2 heterocycles. The van der Waals surface area contributed by atoms with Crippen LogP contribution in [0, 0.1) is 13.8 Å². The van der Waals surface area contributed by atoms with Gasteiger partial charge in [0.05, 0.1) is 16.8 Å². The molecule has 30 heavy (non-hydrogen) atoms. The summed E-state index contributed by atoms with van der Waals surface area (Å²) in [6.45, 7) is 5.01. The second-order valence-corrected chi connectivity index (χ2v) is 9.62. The maximum atomic E-state index is 12.8. The zero-order chi connectivity index (χ0) is 21.3. The number of hydrogen-bond acceptors (Lipinski definition) is 4. The molecule has 0 aliphatic carbocycles. The van der Waals surface area contributed by atoms with Crippen molar-refractivity contribution in [2.24, 2.45) is 0 Å². The molecule has 1 fully saturated rings. The van der Waals surface area contributed by atoms with Gasteiger partial charge in [0.15, 0.2) is 0 Å². The summed E-state index contributed by atoms with van der Waals surface area (Å²) < 4.78 is 27.1. The van der Waals surface area contributed by atoms with Crippen molar-refractivity contribution in [3.8, 4) is 0 Å². The SMILES string of the molecule is Cc1nc2ccccc2c(C)c1CC(=O)Nc1cccc(S(=O)(=O)N2CCCC2)c1. The molecule has 1 N–H and O–H groups in total. The van der Waals surface area contributed by atoms with Crippen molar-refractivity contribution in [2.75, 3.05) is 18.4 Å². The van der Waals surface area contributed by atoms with Crippen molar-refractivity contribution in [1.82, 2.24) is 9.29 Å². The van der Waals surface area contributed by atoms with E-state index in [0.29, 0.717) is 18.8 Å². The van der Waals surface area contributed by atoms with Gasteiger partial charge < -0.3 is 5.32 Å². The number of nitrogens with one attached hydrogen (secondary N) is 1. The molecule has 7 heteroatoms. The molecule has 1 aliphatic heterocycles. The van der Waals surface area contributed by atoms with Gasteiger partial charge in [-0.15, -0.1) is 0 Å². The Labute approximate surface area is 177 Å². The molecule has 0 atom stereocenters. The summed E-state index contributed by atoms with van der Waals surface area (Å²) in [6.07, 6.45) is 1.95. The van der Waals surface area contributed by atoms with E-state index in [0.717, 1.165) is 40.6 Å². The number of fused-ring (bicyclic) bond motifs is 1. The molecule has 0 saturated carbocycles. The first-order valence-electron chi connectivity index (χ1n) is 10.1. The lowest BCUT2D eigenvalue weighted by molar-refractivity contribution is -0.115. The Hall–Kier alpha value is -2.77. The Morgan fingerprint density at radius 2 is 1.80 bits per heavy atom. The standard InChI is InChI=1S/C23H25N3O3S/c1-16-20-10-3-4-11-22(20)24-17(2)21(16)15-23(27)25-18-8-7-9-19(14-18)30(28,29)26-12-5-6-13-26/h3-4,7-11,14H,5-6,12-13,15H2,1-2H3,(H,25,27). The Morgan fingerprint density at radius 3 is 2.57 bits per heavy atom. The van der Waals surface area contributed by atoms with E-state index in [2.05, 4.69) is 10.3 Å². The van der Waals surface area contributed by atoms with Gasteiger partial charge in [-0.2, -0.15) is 4.31 Å². The fraction of sp³-hybridized carbons (Fsp3) is 0.304. The molecular weight excluding hydrogens is 398 g/mol. The lowest BCUT2D eigenvalue weighted by Gasteiger charge is -2.16. The van der Waals surface area contributed by atoms with E-state index in [4.69, 9.17) is 0 Å². The predicted octanol–water partition coefficient (Wildman–Crippen LogP) is 3.82. The van der Waals surface area contributed by atoms with Crippen LogP contribution in [0.1, 0.15) is 29.7 Å². The van der Waals surface area contributed by atoms with Crippen LogP contribution < -0.4 is 5.32 Å². The molecule has 1 aliphatic rings. The average Bonchev–Trinajstić information content (AvgIpc) is 3.27. The molecule has 0 bridgehead atoms. The highest BCUT2D eigenvalue weighted by atomic mass is 32.2. The van der Waals surface area contributed by atoms with Crippen LogP contribution in [0.25, 0.3) is 10.9 Å². The zero-order valence-electron chi connectivity index (χ0n) is 17.2. The molecule has 4 rings (SSSR count). The molecule has 6 nitrogen and oxygen atoms in total. The number of nitrogens with zero attached hydrogens (tertiary/aromatic N) is 2. The third-order valence-electron chi connectivity index (χ3n) is 5.64. The molecule has 1 amide bonds. The molecule has 0 unspecified atom stereocenters. The van der Waals surface area contributed by atoms with Crippen molar-refractivity contribution in [1.29, 1.82) is 0 Å². The largest absolute Gasteiger partial charge is 0.326 e. The van der Waals surface area contributed by atoms with Gasteiger partial charge in [0.25, 0.3) is 0 Å². The van der Waals surface area contributed by atoms with E-state index in [1.54, 1.807) is 18.2 Å². The van der Waals surface area contributed by atoms with Gasteiger partial charge >= 0.3 is 0 Å². The van der Waals surface area contributed by atoms with Crippen LogP contribution in [0.3, 0.4) is 0 Å². The van der Waals surface area contributed by atoms with E-state index in [1.807, 2.05) is 38.1 Å². The number of aryl methyl sites for hydroxylation is 2. The molecule has 3 aromatic rings. The Kier molecular flexibility index (Phi) is 5.58. The molecule has 1 saturated heterocycles. The first kappa shape index (κ1) is 20.5. The number of amides is 1. The maximum absolute atomic E-state index is 12.8. The van der Waals surface area contributed by atoms with Crippen LogP contribution in [0.4, 0.5) is 5.69 Å². The number of benzene rings is 2. The Balaban J connectivity index is 1.55. The van der Waals surface area contributed by atoms with E-state index in [9.17, 15) is 13.2 Å². The van der Waals surface area contributed by atoms with Crippen LogP contribution in [-0.4, -0.2) is 36.7 Å². The Morgan fingerprint density at radius 1 is 1.07 bits per heavy atom. The number of hydrogen-bond donors (Lipinski definition) is 1. The zero-order valence-corrected chi connectivity index (χ0v) is 18.0. The second-order valence-electron chi connectivity index (χ2n) is 7.68. The third kappa shape index (κ3) is 3.95. The first-order chi connectivity index (χ1) is 14.4. The third-order valence-corrected chi connectivity index (χ3v) is 7.54. The molecule has 2 aromatic carbocycles. The monoisotopic (exact) mass is 423 g/mol. The van der Waals surface area contributed by atoms with E-state index in [-0.39, 0.29) is 17.2 Å². The van der Waals surface area contributed by atoms with Crippen molar-refractivity contribution in [2.45, 2.75) is 38.0 Å². The number of rotatable bonds is 5. The average molecular weight is 424 g/mol. The normalized spacial score (nSPS) is 14.9. The summed E-state index contributed by atoms with van der Waals surface area (Å²) in [5, 5.41) is 3.88. The minimum absolute atomic E-state index is 0.179. The number of carbonyl (C=O) groups excluding carboxylic acids is 1. The van der Waals surface area contributed by atoms with Gasteiger partial charge in [0, 0.05) is 29.9 Å². The van der Waals surface area contributed by atoms with Crippen molar-refractivity contribution in [3.63, 3.8) is 0 Å². The highest BCUT2D eigenvalue weighted by molar-refractivity contribution is 7.89. The lowest BCUT2D eigenvalue weighted by Crippen LogP contribution is -2.28. The van der Waals surface area contributed by atoms with Crippen LogP contribution in [0.5, 0.6) is 0 Å². The molecule has 1 aromatic heterocycles. The maximum Gasteiger partial charge on any atom is 0.243 e. The molecule has 0 radical (unpaired) electrons. The summed E-state index contributed by atoms with van der Waals surface area (Å²) in [7, 11) is -3.52. The van der Waals surface area contributed by atoms with Crippen LogP contribution >= 0.6 is 0 Å². The summed E-state index contributed by atoms with van der Waals surface area (Å²) >= 11 is 0. The fourth-order valence-corrected chi connectivity index (χ4v) is 5.57. The second kappa shape index (κ2) is 8.16. The van der Waals surface area contributed by atoms with Crippen molar-refractivity contribution < 1.29 is 13.2 Å². The number of pyridine rings is 1. The molecule has 0 spiro atoms. The van der Waals surface area contributed by atoms with Gasteiger partial charge in [-0.3, -0.25) is 9.78 Å². The number of anilines is 1. The van der Waals surface area contributed by atoms with E-state index in [1.165, 1.54) is 10.4 Å². The van der Waals surface area contributed by atoms with Crippen molar-refractivity contribution >= 4 is 32.5 Å². The van der Waals surface area contributed by atoms with Gasteiger partial charge in [-0.1, -0.05) is 24.3 Å². The number of aromatic nitrogens is 1. The number of sulfonamides is 1. The predicted molar refractivity (Wildman–Crippen MR) is 118 cm³/mol. The lowest BCUT2D eigenvalue weighted by atomic mass is 9.99. The first-order valence-corrected chi connectivity index (χ1v) is 11.5. The van der Waals surface area contributed by atoms with Crippen molar-refractivity contribution in [3.05, 3.63) is 65.4 Å². The number of para-hydroxylation sites is 1. The van der Waals surface area contributed by atoms with Gasteiger partial charge in [0.1, 0.15) is 0 Å². The summed E-state index contributed by atoms with van der Waals surface area (Å²) in [5.74, 6) is -0.200. The quantitative estimate of drug-likeness (QED) is 0.677. The minimum atomic E-state index is -3.52. The summed E-state index contributed by atoms with van der Waals surface area (Å²) in [6, 6.07) is 14.4. The van der Waals surface area contributed by atoms with Crippen LogP contribution in [0.2, 0.25) is 0 Å².